The molecule has 0 spiro atoms. The maximum atomic E-state index is 13.4. The molecule has 0 bridgehead atoms. The number of thiazole rings is 1. The Morgan fingerprint density at radius 2 is 1.80 bits per heavy atom. The van der Waals surface area contributed by atoms with E-state index in [2.05, 4.69) is 20.9 Å². The number of rotatable bonds is 6. The van der Waals surface area contributed by atoms with Gasteiger partial charge in [-0.3, -0.25) is 19.3 Å². The maximum Gasteiger partial charge on any atom is 0.301 e. The van der Waals surface area contributed by atoms with Crippen molar-refractivity contribution >= 4 is 55.6 Å². The predicted octanol–water partition coefficient (Wildman–Crippen LogP) is 5.06. The first-order valence-electron chi connectivity index (χ1n) is 10.4. The first-order valence-corrected chi connectivity index (χ1v) is 12.1. The first-order chi connectivity index (χ1) is 16.7. The van der Waals surface area contributed by atoms with E-state index in [1.54, 1.807) is 49.4 Å². The summed E-state index contributed by atoms with van der Waals surface area (Å²) >= 11 is 4.46. The number of nitrogens with zero attached hydrogens (tertiary/aromatic N) is 2. The summed E-state index contributed by atoms with van der Waals surface area (Å²) in [4.78, 5) is 44.8. The van der Waals surface area contributed by atoms with Gasteiger partial charge in [-0.15, -0.1) is 0 Å². The fourth-order valence-corrected chi connectivity index (χ4v) is 5.33. The van der Waals surface area contributed by atoms with Crippen LogP contribution in [0, 0.1) is 6.92 Å². The number of ketones is 2. The van der Waals surface area contributed by atoms with Crippen LogP contribution in [-0.4, -0.2) is 41.8 Å². The number of aliphatic hydroxyl groups is 1. The topological polar surface area (TPSA) is 106 Å². The average Bonchev–Trinajstić information content (AvgIpc) is 3.35. The summed E-state index contributed by atoms with van der Waals surface area (Å²) in [6.07, 6.45) is 0. The maximum absolute atomic E-state index is 13.4. The summed E-state index contributed by atoms with van der Waals surface area (Å²) in [6, 6.07) is 10.6. The lowest BCUT2D eigenvalue weighted by atomic mass is 9.94. The highest BCUT2D eigenvalue weighted by atomic mass is 79.9. The van der Waals surface area contributed by atoms with Crippen LogP contribution in [0.15, 0.2) is 52.5 Å². The van der Waals surface area contributed by atoms with Crippen molar-refractivity contribution in [1.82, 2.24) is 4.98 Å². The number of Topliss-reactive ketones (excluding diaryl/α,β-unsaturated/α-hetero) is 2. The van der Waals surface area contributed by atoms with Crippen LogP contribution in [0.25, 0.3) is 5.76 Å². The highest BCUT2D eigenvalue weighted by Crippen LogP contribution is 2.46. The molecule has 1 N–H and O–H groups in total. The zero-order valence-electron chi connectivity index (χ0n) is 19.3. The minimum Gasteiger partial charge on any atom is -0.507 e. The Morgan fingerprint density at radius 3 is 2.37 bits per heavy atom. The number of aromatic nitrogens is 1. The van der Waals surface area contributed by atoms with Crippen LogP contribution in [0.3, 0.4) is 0 Å². The van der Waals surface area contributed by atoms with E-state index in [0.29, 0.717) is 37.7 Å². The van der Waals surface area contributed by atoms with Crippen molar-refractivity contribution in [3.63, 3.8) is 0 Å². The van der Waals surface area contributed by atoms with Crippen molar-refractivity contribution in [1.29, 1.82) is 0 Å². The fourth-order valence-electron chi connectivity index (χ4n) is 3.96. The number of benzene rings is 2. The van der Waals surface area contributed by atoms with Gasteiger partial charge in [-0.2, -0.15) is 0 Å². The van der Waals surface area contributed by atoms with Crippen LogP contribution in [-0.2, 0) is 9.59 Å². The largest absolute Gasteiger partial charge is 0.507 e. The molecule has 35 heavy (non-hydrogen) atoms. The normalized spacial score (nSPS) is 17.1. The molecule has 1 aliphatic heterocycles. The van der Waals surface area contributed by atoms with Crippen molar-refractivity contribution in [2.75, 3.05) is 19.1 Å². The summed E-state index contributed by atoms with van der Waals surface area (Å²) in [6.45, 7) is 3.08. The van der Waals surface area contributed by atoms with E-state index in [9.17, 15) is 19.5 Å². The van der Waals surface area contributed by atoms with Gasteiger partial charge >= 0.3 is 5.91 Å². The molecule has 2 heterocycles. The van der Waals surface area contributed by atoms with E-state index in [4.69, 9.17) is 9.47 Å². The molecule has 0 unspecified atom stereocenters. The molecule has 1 atom stereocenters. The predicted molar refractivity (Wildman–Crippen MR) is 135 cm³/mol. The van der Waals surface area contributed by atoms with Crippen LogP contribution in [0.1, 0.15) is 39.5 Å². The van der Waals surface area contributed by atoms with Gasteiger partial charge in [-0.05, 0) is 49.4 Å². The van der Waals surface area contributed by atoms with Crippen LogP contribution in [0.4, 0.5) is 5.13 Å². The molecule has 10 heteroatoms. The van der Waals surface area contributed by atoms with Gasteiger partial charge in [-0.1, -0.05) is 27.3 Å². The minimum absolute atomic E-state index is 0.117. The molecule has 0 saturated carbocycles. The number of aryl methyl sites for hydroxylation is 1. The Balaban J connectivity index is 1.99. The number of hydrogen-bond donors (Lipinski definition) is 1. The van der Waals surface area contributed by atoms with Crippen LogP contribution >= 0.6 is 27.3 Å². The van der Waals surface area contributed by atoms with Gasteiger partial charge in [-0.25, -0.2) is 4.98 Å². The van der Waals surface area contributed by atoms with E-state index in [-0.39, 0.29) is 22.2 Å². The van der Waals surface area contributed by atoms with E-state index < -0.39 is 17.7 Å². The third-order valence-electron chi connectivity index (χ3n) is 5.61. The molecule has 2 aromatic carbocycles. The molecule has 1 aromatic heterocycles. The molecule has 1 saturated heterocycles. The molecule has 0 aliphatic carbocycles. The second-order valence-corrected chi connectivity index (χ2v) is 9.64. The van der Waals surface area contributed by atoms with Crippen LogP contribution in [0.5, 0.6) is 11.5 Å². The van der Waals surface area contributed by atoms with Gasteiger partial charge in [0.05, 0.1) is 30.4 Å². The van der Waals surface area contributed by atoms with Gasteiger partial charge in [0.1, 0.15) is 23.3 Å². The van der Waals surface area contributed by atoms with Crippen molar-refractivity contribution in [2.24, 2.45) is 0 Å². The molecule has 1 fully saturated rings. The zero-order valence-corrected chi connectivity index (χ0v) is 21.7. The van der Waals surface area contributed by atoms with Crippen molar-refractivity contribution in [2.45, 2.75) is 19.9 Å². The van der Waals surface area contributed by atoms with Crippen molar-refractivity contribution in [3.8, 4) is 11.5 Å². The van der Waals surface area contributed by atoms with E-state index in [1.807, 2.05) is 0 Å². The number of carbonyl (C=O) groups is 3. The Hall–Kier alpha value is -3.50. The van der Waals surface area contributed by atoms with Gasteiger partial charge < -0.3 is 14.6 Å². The Morgan fingerprint density at radius 1 is 1.11 bits per heavy atom. The molecule has 4 rings (SSSR count). The molecule has 8 nitrogen and oxygen atoms in total. The lowest BCUT2D eigenvalue weighted by molar-refractivity contribution is -0.132. The lowest BCUT2D eigenvalue weighted by Gasteiger charge is -2.24. The lowest BCUT2D eigenvalue weighted by Crippen LogP contribution is -2.29. The Labute approximate surface area is 213 Å². The molecule has 180 valence electrons. The molecular weight excluding hydrogens is 536 g/mol. The number of methoxy groups -OCH3 is 2. The number of ether oxygens (including phenoxy) is 2. The monoisotopic (exact) mass is 556 g/mol. The van der Waals surface area contributed by atoms with Gasteiger partial charge in [0.2, 0.25) is 0 Å². The van der Waals surface area contributed by atoms with Crippen molar-refractivity contribution in [3.05, 3.63) is 74.2 Å². The second-order valence-electron chi connectivity index (χ2n) is 7.75. The summed E-state index contributed by atoms with van der Waals surface area (Å²) in [7, 11) is 3.00. The molecule has 1 amide bonds. The average molecular weight is 557 g/mol. The van der Waals surface area contributed by atoms with Gasteiger partial charge in [0.15, 0.2) is 10.9 Å². The van der Waals surface area contributed by atoms with E-state index in [0.717, 1.165) is 11.3 Å². The molecule has 1 aliphatic rings. The second kappa shape index (κ2) is 9.63. The molecule has 0 radical (unpaired) electrons. The van der Waals surface area contributed by atoms with E-state index in [1.165, 1.54) is 26.0 Å². The smallest absolute Gasteiger partial charge is 0.301 e. The highest BCUT2D eigenvalue weighted by Gasteiger charge is 2.49. The number of hydrogen-bond acceptors (Lipinski definition) is 8. The quantitative estimate of drug-likeness (QED) is 0.196. The summed E-state index contributed by atoms with van der Waals surface area (Å²) in [5.41, 5.74) is 1.14. The van der Waals surface area contributed by atoms with Crippen molar-refractivity contribution < 1.29 is 29.0 Å². The van der Waals surface area contributed by atoms with Crippen LogP contribution in [0.2, 0.25) is 0 Å². The molecule has 3 aromatic rings. The van der Waals surface area contributed by atoms with Crippen LogP contribution < -0.4 is 14.4 Å². The molecular formula is C25H21BrN2O6S. The Bertz CT molecular complexity index is 1380. The SMILES string of the molecule is COc1ccc(C(O)=C2C(=O)C(=O)N(c3nc(C)c(C(C)=O)s3)[C@@H]2c2cc(Br)ccc2OC)cc1. The zero-order chi connectivity index (χ0) is 25.4. The number of halogens is 1. The fraction of sp³-hybridized carbons (Fsp3) is 0.200. The summed E-state index contributed by atoms with van der Waals surface area (Å²) in [5.74, 6) is -1.30. The first kappa shape index (κ1) is 24.6. The van der Waals surface area contributed by atoms with Gasteiger partial charge in [0, 0.05) is 22.5 Å². The third-order valence-corrected chi connectivity index (χ3v) is 7.36. The summed E-state index contributed by atoms with van der Waals surface area (Å²) in [5, 5.41) is 11.4. The summed E-state index contributed by atoms with van der Waals surface area (Å²) < 4.78 is 11.4. The number of aliphatic hydroxyl groups excluding tert-OH is 1. The van der Waals surface area contributed by atoms with E-state index >= 15 is 0 Å². The highest BCUT2D eigenvalue weighted by molar-refractivity contribution is 9.10. The van der Waals surface area contributed by atoms with Gasteiger partial charge in [0.25, 0.3) is 5.78 Å². The standard InChI is InChI=1S/C25H21BrN2O6S/c1-12-23(13(2)29)35-25(27-12)28-20(17-11-15(26)7-10-18(17)34-4)19(22(31)24(28)32)21(30)14-5-8-16(33-3)9-6-14/h5-11,20,30H,1-4H3/t20-/m1/s1. The number of anilines is 1. The number of carbonyl (C=O) groups excluding carboxylic acids is 3. The number of amides is 1. The minimum atomic E-state index is -1.05. The Kier molecular flexibility index (Phi) is 6.77. The third kappa shape index (κ3) is 4.35.